The number of aliphatic imine (C=N–C) groups is 1. The van der Waals surface area contributed by atoms with Crippen LogP contribution in [0.1, 0.15) is 51.4 Å². The maximum absolute atomic E-state index is 13.5. The number of rotatable bonds is 2. The molecular formula is C23H24N4O. The second kappa shape index (κ2) is 6.59. The second-order valence-corrected chi connectivity index (χ2v) is 7.95. The average molecular weight is 372 g/mol. The van der Waals surface area contributed by atoms with Crippen LogP contribution < -0.4 is 0 Å². The van der Waals surface area contributed by atoms with Crippen LogP contribution in [0.15, 0.2) is 41.7 Å². The van der Waals surface area contributed by atoms with Crippen molar-refractivity contribution in [1.82, 2.24) is 14.9 Å². The number of hydrogen-bond acceptors (Lipinski definition) is 3. The van der Waals surface area contributed by atoms with Gasteiger partial charge < -0.3 is 9.88 Å². The molecule has 1 aromatic heterocycles. The summed E-state index contributed by atoms with van der Waals surface area (Å²) in [5, 5.41) is 0. The fraction of sp³-hybridized carbons (Fsp3) is 0.348. The number of nitrogens with zero attached hydrogens (tertiary/aromatic N) is 3. The molecular weight excluding hydrogens is 348 g/mol. The number of H-pyrrole nitrogens is 1. The summed E-state index contributed by atoms with van der Waals surface area (Å²) in [4.78, 5) is 27.2. The molecule has 28 heavy (non-hydrogen) atoms. The molecule has 0 unspecified atom stereocenters. The van der Waals surface area contributed by atoms with Gasteiger partial charge in [0.15, 0.2) is 0 Å². The lowest BCUT2D eigenvalue weighted by molar-refractivity contribution is 0.0594. The van der Waals surface area contributed by atoms with Gasteiger partial charge in [0.2, 0.25) is 0 Å². The molecule has 1 amide bonds. The quantitative estimate of drug-likeness (QED) is 0.694. The lowest BCUT2D eigenvalue weighted by atomic mass is 9.87. The first-order chi connectivity index (χ1) is 13.7. The minimum absolute atomic E-state index is 0.139. The van der Waals surface area contributed by atoms with Gasteiger partial charge in [-0.1, -0.05) is 12.1 Å². The zero-order valence-electron chi connectivity index (χ0n) is 16.3. The van der Waals surface area contributed by atoms with E-state index in [0.717, 1.165) is 53.5 Å². The molecule has 0 radical (unpaired) electrons. The van der Waals surface area contributed by atoms with Crippen LogP contribution in [0.25, 0.3) is 11.0 Å². The standard InChI is InChI=1S/C23H24N4O/c1-14-8-20-21(26-13-25-20)11-18(14)23(28)27-7-3-4-17-19-9-15(12-24-2)5-6-16(19)10-22(17)27/h5-6,8-9,11-13,17,22H,3-4,7,10H2,1-2H3,(H,25,26)/b24-12-/t17-,22+/m1/s1. The predicted molar refractivity (Wildman–Crippen MR) is 111 cm³/mol. The van der Waals surface area contributed by atoms with Crippen LogP contribution in [-0.4, -0.2) is 46.6 Å². The van der Waals surface area contributed by atoms with Crippen LogP contribution >= 0.6 is 0 Å². The van der Waals surface area contributed by atoms with Crippen molar-refractivity contribution in [3.05, 3.63) is 64.5 Å². The lowest BCUT2D eigenvalue weighted by Gasteiger charge is -2.38. The molecule has 2 atom stereocenters. The first-order valence-electron chi connectivity index (χ1n) is 9.95. The fourth-order valence-corrected chi connectivity index (χ4v) is 5.00. The molecule has 2 heterocycles. The number of nitrogens with one attached hydrogen (secondary N) is 1. The molecule has 1 aliphatic heterocycles. The number of benzene rings is 2. The third kappa shape index (κ3) is 2.65. The monoisotopic (exact) mass is 372 g/mol. The molecule has 5 nitrogen and oxygen atoms in total. The molecule has 5 heteroatoms. The molecule has 2 aliphatic rings. The molecule has 2 aromatic carbocycles. The van der Waals surface area contributed by atoms with Crippen molar-refractivity contribution in [3.63, 3.8) is 0 Å². The highest BCUT2D eigenvalue weighted by Crippen LogP contribution is 2.43. The summed E-state index contributed by atoms with van der Waals surface area (Å²) in [7, 11) is 1.80. The predicted octanol–water partition coefficient (Wildman–Crippen LogP) is 3.86. The summed E-state index contributed by atoms with van der Waals surface area (Å²) in [5.74, 6) is 0.563. The number of carbonyl (C=O) groups is 1. The van der Waals surface area contributed by atoms with Gasteiger partial charge in [0, 0.05) is 37.3 Å². The van der Waals surface area contributed by atoms with Crippen LogP contribution in [0.4, 0.5) is 0 Å². The van der Waals surface area contributed by atoms with Crippen molar-refractivity contribution in [2.75, 3.05) is 13.6 Å². The van der Waals surface area contributed by atoms with E-state index in [1.807, 2.05) is 25.3 Å². The Morgan fingerprint density at radius 2 is 2.21 bits per heavy atom. The van der Waals surface area contributed by atoms with Gasteiger partial charge in [0.05, 0.1) is 17.4 Å². The van der Waals surface area contributed by atoms with Gasteiger partial charge in [0.25, 0.3) is 5.91 Å². The Hall–Kier alpha value is -2.95. The van der Waals surface area contributed by atoms with Crippen LogP contribution in [-0.2, 0) is 6.42 Å². The maximum atomic E-state index is 13.5. The summed E-state index contributed by atoms with van der Waals surface area (Å²) in [6.07, 6.45) is 6.72. The Labute approximate surface area is 164 Å². The number of aromatic amines is 1. The topological polar surface area (TPSA) is 61.4 Å². The number of aryl methyl sites for hydroxylation is 1. The maximum Gasteiger partial charge on any atom is 0.254 e. The summed E-state index contributed by atoms with van der Waals surface area (Å²) >= 11 is 0. The highest BCUT2D eigenvalue weighted by molar-refractivity contribution is 5.99. The van der Waals surface area contributed by atoms with Crippen molar-refractivity contribution in [3.8, 4) is 0 Å². The number of hydrogen-bond donors (Lipinski definition) is 1. The van der Waals surface area contributed by atoms with Crippen LogP contribution in [0.3, 0.4) is 0 Å². The van der Waals surface area contributed by atoms with Gasteiger partial charge in [-0.15, -0.1) is 0 Å². The van der Waals surface area contributed by atoms with Gasteiger partial charge in [0.1, 0.15) is 0 Å². The zero-order chi connectivity index (χ0) is 19.3. The molecule has 1 fully saturated rings. The normalized spacial score (nSPS) is 21.3. The third-order valence-corrected chi connectivity index (χ3v) is 6.31. The second-order valence-electron chi connectivity index (χ2n) is 7.95. The van der Waals surface area contributed by atoms with E-state index in [0.29, 0.717) is 5.92 Å². The number of piperidine rings is 1. The molecule has 0 bridgehead atoms. The summed E-state index contributed by atoms with van der Waals surface area (Å²) in [6.45, 7) is 2.84. The first kappa shape index (κ1) is 17.2. The van der Waals surface area contributed by atoms with E-state index in [4.69, 9.17) is 0 Å². The van der Waals surface area contributed by atoms with E-state index in [1.165, 1.54) is 11.1 Å². The van der Waals surface area contributed by atoms with E-state index in [1.54, 1.807) is 13.4 Å². The number of imidazole rings is 1. The van der Waals surface area contributed by atoms with Crippen molar-refractivity contribution in [1.29, 1.82) is 0 Å². The van der Waals surface area contributed by atoms with Gasteiger partial charge in [-0.05, 0) is 66.6 Å². The number of carbonyl (C=O) groups excluding carboxylic acids is 1. The average Bonchev–Trinajstić information content (AvgIpc) is 3.30. The highest BCUT2D eigenvalue weighted by Gasteiger charge is 2.41. The van der Waals surface area contributed by atoms with Crippen molar-refractivity contribution < 1.29 is 4.79 Å². The smallest absolute Gasteiger partial charge is 0.254 e. The zero-order valence-corrected chi connectivity index (χ0v) is 16.3. The molecule has 0 spiro atoms. The Balaban J connectivity index is 1.49. The molecule has 1 saturated heterocycles. The van der Waals surface area contributed by atoms with E-state index >= 15 is 0 Å². The van der Waals surface area contributed by atoms with Gasteiger partial charge in [-0.2, -0.15) is 0 Å². The Morgan fingerprint density at radius 1 is 1.32 bits per heavy atom. The number of aromatic nitrogens is 2. The number of likely N-dealkylation sites (tertiary alicyclic amines) is 1. The Bertz CT molecular complexity index is 1100. The molecule has 1 N–H and O–H groups in total. The van der Waals surface area contributed by atoms with Crippen LogP contribution in [0.5, 0.6) is 0 Å². The number of amides is 1. The van der Waals surface area contributed by atoms with Gasteiger partial charge >= 0.3 is 0 Å². The molecule has 142 valence electrons. The molecule has 3 aromatic rings. The van der Waals surface area contributed by atoms with E-state index in [2.05, 4.69) is 38.1 Å². The van der Waals surface area contributed by atoms with E-state index < -0.39 is 0 Å². The van der Waals surface area contributed by atoms with Crippen molar-refractivity contribution >= 4 is 23.2 Å². The lowest BCUT2D eigenvalue weighted by Crippen LogP contribution is -2.46. The van der Waals surface area contributed by atoms with Gasteiger partial charge in [-0.25, -0.2) is 4.98 Å². The van der Waals surface area contributed by atoms with E-state index in [-0.39, 0.29) is 11.9 Å². The minimum atomic E-state index is 0.139. The first-order valence-corrected chi connectivity index (χ1v) is 9.95. The summed E-state index contributed by atoms with van der Waals surface area (Å²) < 4.78 is 0. The number of fused-ring (bicyclic) bond motifs is 4. The van der Waals surface area contributed by atoms with Crippen LogP contribution in [0.2, 0.25) is 0 Å². The van der Waals surface area contributed by atoms with Gasteiger partial charge in [-0.3, -0.25) is 9.79 Å². The van der Waals surface area contributed by atoms with Crippen LogP contribution in [0, 0.1) is 6.92 Å². The van der Waals surface area contributed by atoms with Crippen molar-refractivity contribution in [2.24, 2.45) is 4.99 Å². The Kier molecular flexibility index (Phi) is 4.04. The fourth-order valence-electron chi connectivity index (χ4n) is 5.00. The molecule has 0 saturated carbocycles. The Morgan fingerprint density at radius 3 is 3.07 bits per heavy atom. The molecule has 1 aliphatic carbocycles. The SMILES string of the molecule is C/N=C\c1ccc2c(c1)[C@H]1CCCN(C(=O)c3cc4nc[nH]c4cc3C)[C@H]1C2. The summed E-state index contributed by atoms with van der Waals surface area (Å²) in [5.41, 5.74) is 7.52. The highest BCUT2D eigenvalue weighted by atomic mass is 16.2. The third-order valence-electron chi connectivity index (χ3n) is 6.31. The van der Waals surface area contributed by atoms with Crippen molar-refractivity contribution in [2.45, 2.75) is 38.1 Å². The minimum Gasteiger partial charge on any atom is -0.345 e. The van der Waals surface area contributed by atoms with E-state index in [9.17, 15) is 4.79 Å². The largest absolute Gasteiger partial charge is 0.345 e. The molecule has 5 rings (SSSR count). The summed E-state index contributed by atoms with van der Waals surface area (Å²) in [6, 6.07) is 10.8.